The number of nitrogens with zero attached hydrogens (tertiary/aromatic N) is 2. The van der Waals surface area contributed by atoms with Crippen LogP contribution in [0.15, 0.2) is 59.2 Å². The van der Waals surface area contributed by atoms with Gasteiger partial charge in [-0.1, -0.05) is 24.3 Å². The van der Waals surface area contributed by atoms with Gasteiger partial charge in [-0.15, -0.1) is 0 Å². The molecular weight excluding hydrogens is 432 g/mol. The van der Waals surface area contributed by atoms with Gasteiger partial charge in [0, 0.05) is 37.4 Å². The van der Waals surface area contributed by atoms with Crippen LogP contribution in [0.4, 0.5) is 0 Å². The van der Waals surface area contributed by atoms with Gasteiger partial charge < -0.3 is 23.7 Å². The van der Waals surface area contributed by atoms with E-state index >= 15 is 0 Å². The Kier molecular flexibility index (Phi) is 6.81. The molecule has 5 rings (SSSR count). The molecule has 34 heavy (non-hydrogen) atoms. The van der Waals surface area contributed by atoms with Gasteiger partial charge in [-0.3, -0.25) is 9.59 Å². The van der Waals surface area contributed by atoms with Crippen molar-refractivity contribution in [1.29, 1.82) is 0 Å². The molecule has 7 nitrogen and oxygen atoms in total. The van der Waals surface area contributed by atoms with Crippen LogP contribution in [-0.2, 0) is 16.0 Å². The third kappa shape index (κ3) is 4.94. The average molecular weight is 463 g/mol. The SMILES string of the molecule is O=C1CCCN1CCOc1ccccc1C(=O)N1CCOC[C@H](Cc2cccc3occc23)C1. The second-order valence-electron chi connectivity index (χ2n) is 8.97. The predicted molar refractivity (Wildman–Crippen MR) is 128 cm³/mol. The topological polar surface area (TPSA) is 72.2 Å². The summed E-state index contributed by atoms with van der Waals surface area (Å²) in [5.74, 6) is 0.866. The molecule has 2 aliphatic heterocycles. The molecule has 7 heteroatoms. The highest BCUT2D eigenvalue weighted by Crippen LogP contribution is 2.25. The number of rotatable bonds is 7. The Morgan fingerprint density at radius 1 is 1.09 bits per heavy atom. The van der Waals surface area contributed by atoms with Crippen LogP contribution in [0.5, 0.6) is 5.75 Å². The second-order valence-corrected chi connectivity index (χ2v) is 8.97. The Morgan fingerprint density at radius 2 is 2.00 bits per heavy atom. The van der Waals surface area contributed by atoms with Crippen LogP contribution >= 0.6 is 0 Å². The van der Waals surface area contributed by atoms with E-state index in [1.807, 2.05) is 52.3 Å². The number of furan rings is 1. The first-order valence-electron chi connectivity index (χ1n) is 12.0. The molecule has 2 aromatic carbocycles. The minimum Gasteiger partial charge on any atom is -0.491 e. The first kappa shape index (κ1) is 22.5. The average Bonchev–Trinajstić information content (AvgIpc) is 3.43. The van der Waals surface area contributed by atoms with Gasteiger partial charge in [0.1, 0.15) is 17.9 Å². The van der Waals surface area contributed by atoms with E-state index in [0.717, 1.165) is 30.4 Å². The molecule has 3 aromatic rings. The molecule has 0 spiro atoms. The summed E-state index contributed by atoms with van der Waals surface area (Å²) in [5, 5.41) is 1.11. The van der Waals surface area contributed by atoms with E-state index in [9.17, 15) is 9.59 Å². The number of para-hydroxylation sites is 1. The number of benzene rings is 2. The number of likely N-dealkylation sites (tertiary alicyclic amines) is 1. The van der Waals surface area contributed by atoms with Crippen LogP contribution in [0, 0.1) is 5.92 Å². The summed E-state index contributed by atoms with van der Waals surface area (Å²) in [5.41, 5.74) is 2.63. The monoisotopic (exact) mass is 462 g/mol. The lowest BCUT2D eigenvalue weighted by Crippen LogP contribution is -2.36. The molecule has 0 aliphatic carbocycles. The van der Waals surface area contributed by atoms with E-state index in [1.165, 1.54) is 5.56 Å². The molecule has 2 amide bonds. The minimum absolute atomic E-state index is 0.0510. The standard InChI is InChI=1S/C27H30N2O5/c30-26-9-4-11-28(26)13-16-34-25-7-2-1-6-23(25)27(31)29-12-15-32-19-20(18-29)17-21-5-3-8-24-22(21)10-14-33-24/h1-3,5-8,10,14,20H,4,9,11-13,15-19H2/t20-/m1/s1. The lowest BCUT2D eigenvalue weighted by atomic mass is 9.97. The highest BCUT2D eigenvalue weighted by atomic mass is 16.5. The Balaban J connectivity index is 1.26. The van der Waals surface area contributed by atoms with Crippen molar-refractivity contribution >= 4 is 22.8 Å². The van der Waals surface area contributed by atoms with Gasteiger partial charge in [0.25, 0.3) is 5.91 Å². The van der Waals surface area contributed by atoms with Gasteiger partial charge in [0.2, 0.25) is 5.91 Å². The second kappa shape index (κ2) is 10.3. The predicted octanol–water partition coefficient (Wildman–Crippen LogP) is 3.77. The summed E-state index contributed by atoms with van der Waals surface area (Å²) >= 11 is 0. The summed E-state index contributed by atoms with van der Waals surface area (Å²) in [4.78, 5) is 29.1. The Labute approximate surface area is 199 Å². The number of ether oxygens (including phenoxy) is 2. The van der Waals surface area contributed by atoms with Gasteiger partial charge in [0.15, 0.2) is 0 Å². The molecule has 178 valence electrons. The number of fused-ring (bicyclic) bond motifs is 1. The Hall–Kier alpha value is -3.32. The van der Waals surface area contributed by atoms with E-state index < -0.39 is 0 Å². The van der Waals surface area contributed by atoms with Crippen molar-refractivity contribution in [3.8, 4) is 5.75 Å². The molecular formula is C27H30N2O5. The largest absolute Gasteiger partial charge is 0.491 e. The first-order valence-corrected chi connectivity index (χ1v) is 12.0. The fourth-order valence-electron chi connectivity index (χ4n) is 4.88. The van der Waals surface area contributed by atoms with E-state index in [4.69, 9.17) is 13.9 Å². The maximum atomic E-state index is 13.5. The van der Waals surface area contributed by atoms with Crippen molar-refractivity contribution in [1.82, 2.24) is 9.80 Å². The zero-order valence-corrected chi connectivity index (χ0v) is 19.3. The molecule has 0 N–H and O–H groups in total. The summed E-state index contributed by atoms with van der Waals surface area (Å²) in [6.45, 7) is 3.98. The van der Waals surface area contributed by atoms with E-state index in [0.29, 0.717) is 57.2 Å². The van der Waals surface area contributed by atoms with Crippen molar-refractivity contribution in [3.05, 3.63) is 65.9 Å². The molecule has 2 saturated heterocycles. The quantitative estimate of drug-likeness (QED) is 0.535. The number of hydrogen-bond donors (Lipinski definition) is 0. The molecule has 1 aromatic heterocycles. The number of carbonyl (C=O) groups is 2. The van der Waals surface area contributed by atoms with E-state index in [-0.39, 0.29) is 17.7 Å². The maximum absolute atomic E-state index is 13.5. The van der Waals surface area contributed by atoms with E-state index in [2.05, 4.69) is 6.07 Å². The van der Waals surface area contributed by atoms with Gasteiger partial charge in [-0.25, -0.2) is 0 Å². The van der Waals surface area contributed by atoms with Crippen LogP contribution in [-0.4, -0.2) is 67.6 Å². The third-order valence-electron chi connectivity index (χ3n) is 6.63. The van der Waals surface area contributed by atoms with Crippen molar-refractivity contribution in [2.75, 3.05) is 46.0 Å². The fourth-order valence-corrected chi connectivity index (χ4v) is 4.88. The van der Waals surface area contributed by atoms with Gasteiger partial charge in [-0.05, 0) is 42.7 Å². The lowest BCUT2D eigenvalue weighted by Gasteiger charge is -2.25. The van der Waals surface area contributed by atoms with Gasteiger partial charge in [0.05, 0.1) is 31.6 Å². The maximum Gasteiger partial charge on any atom is 0.257 e. The molecule has 0 radical (unpaired) electrons. The normalized spacial score (nSPS) is 18.9. The minimum atomic E-state index is -0.0510. The van der Waals surface area contributed by atoms with Crippen LogP contribution in [0.1, 0.15) is 28.8 Å². The lowest BCUT2D eigenvalue weighted by molar-refractivity contribution is -0.128. The smallest absolute Gasteiger partial charge is 0.257 e. The van der Waals surface area contributed by atoms with Crippen molar-refractivity contribution in [2.24, 2.45) is 5.92 Å². The Bertz CT molecular complexity index is 1160. The molecule has 2 fully saturated rings. The first-order chi connectivity index (χ1) is 16.7. The zero-order valence-electron chi connectivity index (χ0n) is 19.3. The number of amides is 2. The van der Waals surface area contributed by atoms with Crippen LogP contribution < -0.4 is 4.74 Å². The van der Waals surface area contributed by atoms with Crippen molar-refractivity contribution in [3.63, 3.8) is 0 Å². The summed E-state index contributed by atoms with van der Waals surface area (Å²) in [6.07, 6.45) is 4.04. The number of hydrogen-bond acceptors (Lipinski definition) is 5. The Morgan fingerprint density at radius 3 is 2.88 bits per heavy atom. The molecule has 0 bridgehead atoms. The third-order valence-corrected chi connectivity index (χ3v) is 6.63. The van der Waals surface area contributed by atoms with Crippen molar-refractivity contribution in [2.45, 2.75) is 19.3 Å². The summed E-state index contributed by atoms with van der Waals surface area (Å²) in [6, 6.07) is 15.4. The van der Waals surface area contributed by atoms with E-state index in [1.54, 1.807) is 6.26 Å². The fraction of sp³-hybridized carbons (Fsp3) is 0.407. The zero-order chi connectivity index (χ0) is 23.3. The summed E-state index contributed by atoms with van der Waals surface area (Å²) < 4.78 is 17.4. The van der Waals surface area contributed by atoms with Gasteiger partial charge >= 0.3 is 0 Å². The molecule has 2 aliphatic rings. The highest BCUT2D eigenvalue weighted by molar-refractivity contribution is 5.97. The summed E-state index contributed by atoms with van der Waals surface area (Å²) in [7, 11) is 0. The molecule has 0 unspecified atom stereocenters. The highest BCUT2D eigenvalue weighted by Gasteiger charge is 2.26. The molecule has 1 atom stereocenters. The van der Waals surface area contributed by atoms with Crippen LogP contribution in [0.2, 0.25) is 0 Å². The number of carbonyl (C=O) groups excluding carboxylic acids is 2. The van der Waals surface area contributed by atoms with Gasteiger partial charge in [-0.2, -0.15) is 0 Å². The van der Waals surface area contributed by atoms with Crippen LogP contribution in [0.3, 0.4) is 0 Å². The molecule has 3 heterocycles. The molecule has 0 saturated carbocycles. The van der Waals surface area contributed by atoms with Crippen LogP contribution in [0.25, 0.3) is 11.0 Å². The van der Waals surface area contributed by atoms with Crippen molar-refractivity contribution < 1.29 is 23.5 Å².